The van der Waals surface area contributed by atoms with Gasteiger partial charge < -0.3 is 4.57 Å². The molecule has 122 valence electrons. The molecule has 3 aromatic rings. The molecule has 0 spiro atoms. The van der Waals surface area contributed by atoms with Crippen molar-refractivity contribution in [1.82, 2.24) is 4.57 Å². The first-order valence-corrected chi connectivity index (χ1v) is 8.09. The Hall–Kier alpha value is -2.80. The zero-order valence-electron chi connectivity index (χ0n) is 13.4. The molecule has 0 unspecified atom stereocenters. The van der Waals surface area contributed by atoms with Crippen LogP contribution in [0.3, 0.4) is 0 Å². The van der Waals surface area contributed by atoms with E-state index in [0.29, 0.717) is 10.4 Å². The number of rotatable bonds is 2. The van der Waals surface area contributed by atoms with E-state index in [1.54, 1.807) is 0 Å². The SMILES string of the molecule is Cc1ccc(C)c2c1sc(=NC(=O)c1ccc([N+](=O)[O-])cc1)n2C. The fourth-order valence-corrected chi connectivity index (χ4v) is 3.71. The van der Waals surface area contributed by atoms with Crippen LogP contribution in [0.2, 0.25) is 0 Å². The molecule has 0 saturated carbocycles. The molecule has 0 aliphatic rings. The molecule has 0 N–H and O–H groups in total. The van der Waals surface area contributed by atoms with E-state index in [0.717, 1.165) is 21.3 Å². The highest BCUT2D eigenvalue weighted by Crippen LogP contribution is 2.24. The summed E-state index contributed by atoms with van der Waals surface area (Å²) in [6.45, 7) is 4.05. The second kappa shape index (κ2) is 6.01. The number of hydrogen-bond acceptors (Lipinski definition) is 4. The molecule has 1 amide bonds. The van der Waals surface area contributed by atoms with Crippen LogP contribution < -0.4 is 4.80 Å². The van der Waals surface area contributed by atoms with Crippen molar-refractivity contribution in [3.63, 3.8) is 0 Å². The Morgan fingerprint density at radius 2 is 1.75 bits per heavy atom. The summed E-state index contributed by atoms with van der Waals surface area (Å²) in [6, 6.07) is 9.56. The molecule has 0 fully saturated rings. The van der Waals surface area contributed by atoms with E-state index in [9.17, 15) is 14.9 Å². The molecule has 1 aromatic heterocycles. The number of hydrogen-bond donors (Lipinski definition) is 0. The van der Waals surface area contributed by atoms with Crippen LogP contribution in [0.4, 0.5) is 5.69 Å². The van der Waals surface area contributed by atoms with Gasteiger partial charge in [0.1, 0.15) is 0 Å². The lowest BCUT2D eigenvalue weighted by Crippen LogP contribution is -2.13. The van der Waals surface area contributed by atoms with E-state index < -0.39 is 10.8 Å². The van der Waals surface area contributed by atoms with Gasteiger partial charge in [-0.2, -0.15) is 4.99 Å². The van der Waals surface area contributed by atoms with E-state index in [1.165, 1.54) is 35.6 Å². The molecule has 0 aliphatic heterocycles. The van der Waals surface area contributed by atoms with Gasteiger partial charge in [0.15, 0.2) is 4.80 Å². The summed E-state index contributed by atoms with van der Waals surface area (Å²) in [7, 11) is 1.88. The Bertz CT molecular complexity index is 1030. The predicted octanol–water partition coefficient (Wildman–Crippen LogP) is 3.51. The minimum absolute atomic E-state index is 0.0507. The maximum Gasteiger partial charge on any atom is 0.279 e. The lowest BCUT2D eigenvalue weighted by atomic mass is 10.1. The van der Waals surface area contributed by atoms with E-state index >= 15 is 0 Å². The lowest BCUT2D eigenvalue weighted by Gasteiger charge is -2.01. The number of nitro groups is 1. The van der Waals surface area contributed by atoms with Crippen molar-refractivity contribution < 1.29 is 9.72 Å². The van der Waals surface area contributed by atoms with Gasteiger partial charge in [0.25, 0.3) is 11.6 Å². The number of aromatic nitrogens is 1. The van der Waals surface area contributed by atoms with Crippen LogP contribution in [0.5, 0.6) is 0 Å². The zero-order valence-corrected chi connectivity index (χ0v) is 14.3. The number of benzene rings is 2. The Balaban J connectivity index is 2.08. The molecule has 0 aliphatic carbocycles. The summed E-state index contributed by atoms with van der Waals surface area (Å²) in [5, 5.41) is 10.7. The molecule has 6 nitrogen and oxygen atoms in total. The summed E-state index contributed by atoms with van der Waals surface area (Å²) in [5.74, 6) is -0.414. The maximum atomic E-state index is 12.4. The van der Waals surface area contributed by atoms with Gasteiger partial charge >= 0.3 is 0 Å². The number of non-ortho nitro benzene ring substituents is 1. The quantitative estimate of drug-likeness (QED) is 0.528. The molecule has 1 heterocycles. The van der Waals surface area contributed by atoms with Gasteiger partial charge in [-0.25, -0.2) is 0 Å². The molecule has 7 heteroatoms. The first kappa shape index (κ1) is 16.1. The normalized spacial score (nSPS) is 11.9. The first-order chi connectivity index (χ1) is 11.4. The van der Waals surface area contributed by atoms with Crippen LogP contribution in [-0.4, -0.2) is 15.4 Å². The van der Waals surface area contributed by atoms with Crippen molar-refractivity contribution >= 4 is 33.1 Å². The monoisotopic (exact) mass is 341 g/mol. The number of carbonyl (C=O) groups is 1. The third-order valence-corrected chi connectivity index (χ3v) is 5.14. The number of amides is 1. The van der Waals surface area contributed by atoms with Crippen molar-refractivity contribution in [2.45, 2.75) is 13.8 Å². The molecule has 3 rings (SSSR count). The molecule has 0 bridgehead atoms. The van der Waals surface area contributed by atoms with Gasteiger partial charge in [0, 0.05) is 24.7 Å². The molecule has 0 saturated heterocycles. The van der Waals surface area contributed by atoms with E-state index in [1.807, 2.05) is 31.5 Å². The molecule has 2 aromatic carbocycles. The highest BCUT2D eigenvalue weighted by molar-refractivity contribution is 7.16. The predicted molar refractivity (Wildman–Crippen MR) is 93.3 cm³/mol. The summed E-state index contributed by atoms with van der Waals surface area (Å²) in [4.78, 5) is 27.3. The summed E-state index contributed by atoms with van der Waals surface area (Å²) in [6.07, 6.45) is 0. The first-order valence-electron chi connectivity index (χ1n) is 7.27. The standard InChI is InChI=1S/C17H15N3O3S/c1-10-4-5-11(2)15-14(10)19(3)17(24-15)18-16(21)12-6-8-13(9-7-12)20(22)23/h4-9H,1-3H3. The van der Waals surface area contributed by atoms with Crippen LogP contribution in [-0.2, 0) is 7.05 Å². The Labute approximate surface area is 141 Å². The van der Waals surface area contributed by atoms with Gasteiger partial charge in [-0.3, -0.25) is 14.9 Å². The minimum Gasteiger partial charge on any atom is -0.319 e. The second-order valence-electron chi connectivity index (χ2n) is 5.54. The number of fused-ring (bicyclic) bond motifs is 1. The third kappa shape index (κ3) is 2.74. The van der Waals surface area contributed by atoms with Gasteiger partial charge in [-0.05, 0) is 37.1 Å². The third-order valence-electron chi connectivity index (χ3n) is 3.87. The van der Waals surface area contributed by atoms with Crippen molar-refractivity contribution in [3.8, 4) is 0 Å². The van der Waals surface area contributed by atoms with E-state index in [4.69, 9.17) is 0 Å². The number of thiazole rings is 1. The average molecular weight is 341 g/mol. The summed E-state index contributed by atoms with van der Waals surface area (Å²) >= 11 is 1.46. The van der Waals surface area contributed by atoms with Gasteiger partial charge in [-0.1, -0.05) is 23.5 Å². The van der Waals surface area contributed by atoms with Crippen molar-refractivity contribution in [2.24, 2.45) is 12.0 Å². The van der Waals surface area contributed by atoms with Crippen molar-refractivity contribution in [1.29, 1.82) is 0 Å². The topological polar surface area (TPSA) is 77.5 Å². The zero-order chi connectivity index (χ0) is 17.4. The Morgan fingerprint density at radius 1 is 1.12 bits per heavy atom. The highest BCUT2D eigenvalue weighted by Gasteiger charge is 2.11. The molecule has 24 heavy (non-hydrogen) atoms. The van der Waals surface area contributed by atoms with Crippen LogP contribution in [0, 0.1) is 24.0 Å². The van der Waals surface area contributed by atoms with Crippen LogP contribution in [0.15, 0.2) is 41.4 Å². The summed E-state index contributed by atoms with van der Waals surface area (Å²) in [5.41, 5.74) is 3.60. The van der Waals surface area contributed by atoms with Gasteiger partial charge in [0.05, 0.1) is 15.1 Å². The van der Waals surface area contributed by atoms with Gasteiger partial charge in [0.2, 0.25) is 0 Å². The molecule has 0 atom stereocenters. The Morgan fingerprint density at radius 3 is 2.33 bits per heavy atom. The largest absolute Gasteiger partial charge is 0.319 e. The fourth-order valence-electron chi connectivity index (χ4n) is 2.55. The fraction of sp³-hybridized carbons (Fsp3) is 0.176. The lowest BCUT2D eigenvalue weighted by molar-refractivity contribution is -0.384. The van der Waals surface area contributed by atoms with E-state index in [-0.39, 0.29) is 5.69 Å². The highest BCUT2D eigenvalue weighted by atomic mass is 32.1. The van der Waals surface area contributed by atoms with Crippen molar-refractivity contribution in [2.75, 3.05) is 0 Å². The number of nitro benzene ring substituents is 1. The minimum atomic E-state index is -0.497. The van der Waals surface area contributed by atoms with Crippen LogP contribution in [0.25, 0.3) is 10.2 Å². The maximum absolute atomic E-state index is 12.4. The molecule has 0 radical (unpaired) electrons. The number of aryl methyl sites for hydroxylation is 3. The van der Waals surface area contributed by atoms with Crippen molar-refractivity contribution in [3.05, 3.63) is 68.0 Å². The average Bonchev–Trinajstić information content (AvgIpc) is 2.89. The van der Waals surface area contributed by atoms with Crippen LogP contribution in [0.1, 0.15) is 21.5 Å². The molecular formula is C17H15N3O3S. The second-order valence-corrected chi connectivity index (χ2v) is 6.52. The number of nitrogens with zero attached hydrogens (tertiary/aromatic N) is 3. The summed E-state index contributed by atoms with van der Waals surface area (Å²) < 4.78 is 3.01. The van der Waals surface area contributed by atoms with Gasteiger partial charge in [-0.15, -0.1) is 0 Å². The number of carbonyl (C=O) groups excluding carboxylic acids is 1. The molecular weight excluding hydrogens is 326 g/mol. The smallest absolute Gasteiger partial charge is 0.279 e. The Kier molecular flexibility index (Phi) is 4.02. The van der Waals surface area contributed by atoms with E-state index in [2.05, 4.69) is 11.1 Å². The van der Waals surface area contributed by atoms with Crippen LogP contribution >= 0.6 is 11.3 Å².